The molecule has 2 fully saturated rings. The van der Waals surface area contributed by atoms with Crippen LogP contribution < -0.4 is 9.47 Å². The average Bonchev–Trinajstić information content (AvgIpc) is 2.59. The molecule has 1 spiro atoms. The number of likely N-dealkylation sites (tertiary alicyclic amines) is 2. The number of carbonyl (C=O) groups is 1. The van der Waals surface area contributed by atoms with E-state index in [2.05, 4.69) is 11.9 Å². The van der Waals surface area contributed by atoms with Crippen LogP contribution in [0, 0.1) is 0 Å². The molecule has 0 aromatic heterocycles. The first kappa shape index (κ1) is 15.2. The van der Waals surface area contributed by atoms with Crippen molar-refractivity contribution in [1.29, 1.82) is 0 Å². The van der Waals surface area contributed by atoms with Gasteiger partial charge in [0.25, 0.3) is 5.91 Å². The summed E-state index contributed by atoms with van der Waals surface area (Å²) in [5.41, 5.74) is 0.779. The lowest BCUT2D eigenvalue weighted by molar-refractivity contribution is -0.0409. The smallest absolute Gasteiger partial charge is 0.257 e. The lowest BCUT2D eigenvalue weighted by Gasteiger charge is -2.55. The summed E-state index contributed by atoms with van der Waals surface area (Å²) in [4.78, 5) is 17.3. The fourth-order valence-corrected chi connectivity index (χ4v) is 3.60. The van der Waals surface area contributed by atoms with Gasteiger partial charge in [-0.25, -0.2) is 0 Å². The summed E-state index contributed by atoms with van der Waals surface area (Å²) in [6.45, 7) is 2.75. The minimum Gasteiger partial charge on any atom is -0.497 e. The molecular weight excluding hydrogens is 280 g/mol. The topological polar surface area (TPSA) is 42.0 Å². The Hall–Kier alpha value is -1.75. The number of hydrogen-bond acceptors (Lipinski definition) is 4. The van der Waals surface area contributed by atoms with Crippen molar-refractivity contribution in [2.45, 2.75) is 24.8 Å². The highest BCUT2D eigenvalue weighted by Gasteiger charge is 2.46. The molecule has 1 amide bonds. The van der Waals surface area contributed by atoms with Crippen LogP contribution in [-0.4, -0.2) is 62.1 Å². The zero-order chi connectivity index (χ0) is 15.7. The monoisotopic (exact) mass is 304 g/mol. The normalized spacial score (nSPS) is 25.0. The first-order valence-corrected chi connectivity index (χ1v) is 7.82. The molecule has 0 saturated carbocycles. The van der Waals surface area contributed by atoms with Crippen LogP contribution in [0.25, 0.3) is 0 Å². The van der Waals surface area contributed by atoms with E-state index in [1.807, 2.05) is 11.0 Å². The van der Waals surface area contributed by atoms with Crippen molar-refractivity contribution in [2.24, 2.45) is 0 Å². The van der Waals surface area contributed by atoms with Crippen LogP contribution in [0.1, 0.15) is 29.6 Å². The molecule has 1 atom stereocenters. The second-order valence-electron chi connectivity index (χ2n) is 6.29. The van der Waals surface area contributed by atoms with Crippen LogP contribution in [0.3, 0.4) is 0 Å². The second-order valence-corrected chi connectivity index (χ2v) is 6.29. The fourth-order valence-electron chi connectivity index (χ4n) is 3.60. The van der Waals surface area contributed by atoms with E-state index in [1.165, 1.54) is 12.8 Å². The number of hydrogen-bond donors (Lipinski definition) is 0. The SMILES string of the molecule is COc1ccc(OC)c(C(=O)N2CCCC3(CCN3C)C2)c1. The summed E-state index contributed by atoms with van der Waals surface area (Å²) < 4.78 is 10.6. The Kier molecular flexibility index (Phi) is 4.00. The highest BCUT2D eigenvalue weighted by molar-refractivity contribution is 5.97. The molecule has 120 valence electrons. The minimum absolute atomic E-state index is 0.0372. The van der Waals surface area contributed by atoms with Crippen molar-refractivity contribution in [3.8, 4) is 11.5 Å². The van der Waals surface area contributed by atoms with Gasteiger partial charge in [-0.3, -0.25) is 9.69 Å². The van der Waals surface area contributed by atoms with E-state index in [9.17, 15) is 4.79 Å². The molecular formula is C17H24N2O3. The molecule has 2 heterocycles. The zero-order valence-electron chi connectivity index (χ0n) is 13.6. The summed E-state index contributed by atoms with van der Waals surface area (Å²) in [5, 5.41) is 0. The molecule has 0 N–H and O–H groups in total. The van der Waals surface area contributed by atoms with Gasteiger partial charge in [0.15, 0.2) is 0 Å². The van der Waals surface area contributed by atoms with E-state index in [4.69, 9.17) is 9.47 Å². The van der Waals surface area contributed by atoms with Crippen LogP contribution in [0.4, 0.5) is 0 Å². The quantitative estimate of drug-likeness (QED) is 0.857. The molecule has 5 nitrogen and oxygen atoms in total. The van der Waals surface area contributed by atoms with E-state index >= 15 is 0 Å². The van der Waals surface area contributed by atoms with Gasteiger partial charge in [0.2, 0.25) is 0 Å². The summed E-state index contributed by atoms with van der Waals surface area (Å²) in [5.74, 6) is 1.32. The molecule has 3 rings (SSSR count). The lowest BCUT2D eigenvalue weighted by Crippen LogP contribution is -2.66. The molecule has 1 aromatic rings. The van der Waals surface area contributed by atoms with Crippen LogP contribution in [-0.2, 0) is 0 Å². The number of rotatable bonds is 3. The summed E-state index contributed by atoms with van der Waals surface area (Å²) >= 11 is 0. The van der Waals surface area contributed by atoms with E-state index in [-0.39, 0.29) is 11.4 Å². The van der Waals surface area contributed by atoms with Gasteiger partial charge in [0, 0.05) is 25.2 Å². The first-order chi connectivity index (χ1) is 10.6. The average molecular weight is 304 g/mol. The third-order valence-electron chi connectivity index (χ3n) is 5.20. The molecule has 0 bridgehead atoms. The highest BCUT2D eigenvalue weighted by atomic mass is 16.5. The fraction of sp³-hybridized carbons (Fsp3) is 0.588. The maximum absolute atomic E-state index is 13.0. The number of nitrogens with zero attached hydrogens (tertiary/aromatic N) is 2. The summed E-state index contributed by atoms with van der Waals surface area (Å²) in [6, 6.07) is 5.38. The van der Waals surface area contributed by atoms with Crippen LogP contribution in [0.15, 0.2) is 18.2 Å². The molecule has 1 unspecified atom stereocenters. The van der Waals surface area contributed by atoms with Gasteiger partial charge in [-0.15, -0.1) is 0 Å². The first-order valence-electron chi connectivity index (χ1n) is 7.82. The highest BCUT2D eigenvalue weighted by Crippen LogP contribution is 2.38. The minimum atomic E-state index is 0.0372. The number of ether oxygens (including phenoxy) is 2. The number of benzene rings is 1. The molecule has 0 radical (unpaired) electrons. The third kappa shape index (κ3) is 2.43. The molecule has 0 aliphatic carbocycles. The van der Waals surface area contributed by atoms with Gasteiger partial charge in [-0.1, -0.05) is 0 Å². The lowest BCUT2D eigenvalue weighted by atomic mass is 9.78. The Morgan fingerprint density at radius 1 is 1.18 bits per heavy atom. The second kappa shape index (κ2) is 5.80. The van der Waals surface area contributed by atoms with Crippen LogP contribution in [0.5, 0.6) is 11.5 Å². The largest absolute Gasteiger partial charge is 0.497 e. The van der Waals surface area contributed by atoms with Crippen molar-refractivity contribution in [1.82, 2.24) is 9.80 Å². The number of likely N-dealkylation sites (N-methyl/N-ethyl adjacent to an activating group) is 1. The maximum atomic E-state index is 13.0. The number of methoxy groups -OCH3 is 2. The molecule has 5 heteroatoms. The molecule has 22 heavy (non-hydrogen) atoms. The Morgan fingerprint density at radius 3 is 2.59 bits per heavy atom. The van der Waals surface area contributed by atoms with Crippen LogP contribution >= 0.6 is 0 Å². The molecule has 2 saturated heterocycles. The summed E-state index contributed by atoms with van der Waals surface area (Å²) in [7, 11) is 5.36. The standard InChI is InChI=1S/C17H24N2O3/c1-18-10-8-17(18)7-4-9-19(12-17)16(20)14-11-13(21-2)5-6-15(14)22-3/h5-6,11H,4,7-10,12H2,1-3H3. The van der Waals surface area contributed by atoms with Crippen molar-refractivity contribution in [2.75, 3.05) is 40.9 Å². The van der Waals surface area contributed by atoms with Crippen LogP contribution in [0.2, 0.25) is 0 Å². The van der Waals surface area contributed by atoms with Gasteiger partial charge in [0.1, 0.15) is 11.5 Å². The Labute approximate surface area is 131 Å². The predicted octanol–water partition coefficient (Wildman–Crippen LogP) is 2.01. The molecule has 2 aliphatic heterocycles. The third-order valence-corrected chi connectivity index (χ3v) is 5.20. The van der Waals surface area contributed by atoms with E-state index in [1.54, 1.807) is 26.4 Å². The van der Waals surface area contributed by atoms with Crippen molar-refractivity contribution in [3.05, 3.63) is 23.8 Å². The van der Waals surface area contributed by atoms with Crippen molar-refractivity contribution < 1.29 is 14.3 Å². The van der Waals surface area contributed by atoms with E-state index < -0.39 is 0 Å². The van der Waals surface area contributed by atoms with E-state index in [0.29, 0.717) is 17.1 Å². The number of amides is 1. The molecule has 2 aliphatic rings. The Morgan fingerprint density at radius 2 is 2.00 bits per heavy atom. The van der Waals surface area contributed by atoms with Gasteiger partial charge < -0.3 is 14.4 Å². The van der Waals surface area contributed by atoms with Crippen molar-refractivity contribution in [3.63, 3.8) is 0 Å². The van der Waals surface area contributed by atoms with Crippen molar-refractivity contribution >= 4 is 5.91 Å². The predicted molar refractivity (Wildman–Crippen MR) is 84.7 cm³/mol. The van der Waals surface area contributed by atoms with Gasteiger partial charge in [-0.2, -0.15) is 0 Å². The summed E-state index contributed by atoms with van der Waals surface area (Å²) in [6.07, 6.45) is 3.42. The van der Waals surface area contributed by atoms with Gasteiger partial charge in [0.05, 0.1) is 19.8 Å². The Bertz CT molecular complexity index is 575. The molecule has 1 aromatic carbocycles. The van der Waals surface area contributed by atoms with Gasteiger partial charge >= 0.3 is 0 Å². The maximum Gasteiger partial charge on any atom is 0.257 e. The zero-order valence-corrected chi connectivity index (χ0v) is 13.6. The number of carbonyl (C=O) groups excluding carboxylic acids is 1. The van der Waals surface area contributed by atoms with E-state index in [0.717, 1.165) is 26.1 Å². The number of piperidine rings is 1. The Balaban J connectivity index is 1.84. The van der Waals surface area contributed by atoms with Gasteiger partial charge in [-0.05, 0) is 44.5 Å².